The Balaban J connectivity index is 0.000000720. The molecule has 1 N–H and O–H groups in total. The summed E-state index contributed by atoms with van der Waals surface area (Å²) in [4.78, 5) is 0. The first-order chi connectivity index (χ1) is 5.36. The fraction of sp³-hybridized carbons (Fsp3) is 0.333. The third kappa shape index (κ3) is 1.64. The summed E-state index contributed by atoms with van der Waals surface area (Å²) in [7, 11) is 0. The van der Waals surface area contributed by atoms with E-state index in [9.17, 15) is 0 Å². The highest BCUT2D eigenvalue weighted by Crippen LogP contribution is 2.27. The van der Waals surface area contributed by atoms with E-state index >= 15 is 0 Å². The Morgan fingerprint density at radius 3 is 3.00 bits per heavy atom. The number of benzene rings is 1. The van der Waals surface area contributed by atoms with Gasteiger partial charge in [-0.3, -0.25) is 0 Å². The predicted octanol–water partition coefficient (Wildman–Crippen LogP) is 2.30. The van der Waals surface area contributed by atoms with Crippen LogP contribution in [0, 0.1) is 0 Å². The molecule has 0 fully saturated rings. The fourth-order valence-electron chi connectivity index (χ4n) is 1.23. The van der Waals surface area contributed by atoms with E-state index in [1.54, 1.807) is 0 Å². The standard InChI is InChI=1S/C9H11NO.ClH/c1-7-6-10-8-4-2-3-5-9(8)11-7;/h2-5,7,10H,6H2,1H3;1H/t7-;/m0./s1. The Bertz CT molecular complexity index is 264. The molecule has 66 valence electrons. The van der Waals surface area contributed by atoms with E-state index in [1.165, 1.54) is 0 Å². The van der Waals surface area contributed by atoms with Crippen LogP contribution < -0.4 is 10.1 Å². The zero-order valence-electron chi connectivity index (χ0n) is 6.91. The second-order valence-corrected chi connectivity index (χ2v) is 2.81. The molecule has 2 nitrogen and oxygen atoms in total. The molecule has 1 heterocycles. The van der Waals surface area contributed by atoms with Crippen molar-refractivity contribution in [3.05, 3.63) is 24.3 Å². The van der Waals surface area contributed by atoms with Crippen molar-refractivity contribution in [2.24, 2.45) is 0 Å². The van der Waals surface area contributed by atoms with Crippen molar-refractivity contribution in [3.63, 3.8) is 0 Å². The molecular formula is C9H12ClNO. The van der Waals surface area contributed by atoms with Gasteiger partial charge in [0.2, 0.25) is 0 Å². The van der Waals surface area contributed by atoms with Crippen molar-refractivity contribution in [1.29, 1.82) is 0 Å². The topological polar surface area (TPSA) is 21.3 Å². The molecule has 0 amide bonds. The number of hydrogen-bond acceptors (Lipinski definition) is 2. The molecule has 1 atom stereocenters. The molecule has 1 aromatic carbocycles. The van der Waals surface area contributed by atoms with Crippen molar-refractivity contribution in [3.8, 4) is 5.75 Å². The smallest absolute Gasteiger partial charge is 0.142 e. The second kappa shape index (κ2) is 3.68. The summed E-state index contributed by atoms with van der Waals surface area (Å²) in [6, 6.07) is 8.00. The number of ether oxygens (including phenoxy) is 1. The molecule has 0 spiro atoms. The largest absolute Gasteiger partial charge is 0.487 e. The zero-order chi connectivity index (χ0) is 7.68. The summed E-state index contributed by atoms with van der Waals surface area (Å²) in [6.45, 7) is 2.96. The van der Waals surface area contributed by atoms with Crippen LogP contribution in [0.2, 0.25) is 0 Å². The Hall–Kier alpha value is -0.890. The van der Waals surface area contributed by atoms with Crippen LogP contribution in [0.1, 0.15) is 6.92 Å². The normalized spacial score (nSPS) is 19.6. The number of para-hydroxylation sites is 2. The molecule has 0 bridgehead atoms. The molecule has 0 saturated carbocycles. The van der Waals surface area contributed by atoms with Crippen LogP contribution in [-0.4, -0.2) is 12.6 Å². The predicted molar refractivity (Wildman–Crippen MR) is 52.3 cm³/mol. The van der Waals surface area contributed by atoms with Gasteiger partial charge < -0.3 is 10.1 Å². The molecule has 0 saturated heterocycles. The highest BCUT2D eigenvalue weighted by atomic mass is 35.5. The lowest BCUT2D eigenvalue weighted by atomic mass is 10.2. The molecule has 0 aromatic heterocycles. The number of fused-ring (bicyclic) bond motifs is 1. The zero-order valence-corrected chi connectivity index (χ0v) is 7.73. The van der Waals surface area contributed by atoms with Crippen molar-refractivity contribution < 1.29 is 4.74 Å². The minimum atomic E-state index is 0. The Labute approximate surface area is 78.3 Å². The molecule has 12 heavy (non-hydrogen) atoms. The van der Waals surface area contributed by atoms with Gasteiger partial charge in [0.15, 0.2) is 0 Å². The Morgan fingerprint density at radius 1 is 1.42 bits per heavy atom. The number of hydrogen-bond donors (Lipinski definition) is 1. The van der Waals surface area contributed by atoms with E-state index in [0.29, 0.717) is 0 Å². The van der Waals surface area contributed by atoms with E-state index in [0.717, 1.165) is 18.0 Å². The summed E-state index contributed by atoms with van der Waals surface area (Å²) in [5.74, 6) is 0.964. The van der Waals surface area contributed by atoms with Crippen molar-refractivity contribution >= 4 is 18.1 Å². The molecule has 1 aliphatic rings. The highest BCUT2D eigenvalue weighted by Gasteiger charge is 2.13. The second-order valence-electron chi connectivity index (χ2n) is 2.81. The minimum absolute atomic E-state index is 0. The van der Waals surface area contributed by atoms with Crippen LogP contribution in [0.25, 0.3) is 0 Å². The van der Waals surface area contributed by atoms with Crippen LogP contribution in [-0.2, 0) is 0 Å². The maximum absolute atomic E-state index is 5.57. The molecule has 3 heteroatoms. The van der Waals surface area contributed by atoms with Crippen molar-refractivity contribution in [1.82, 2.24) is 0 Å². The van der Waals surface area contributed by atoms with Gasteiger partial charge in [-0.15, -0.1) is 12.4 Å². The van der Waals surface area contributed by atoms with E-state index < -0.39 is 0 Å². The SMILES string of the molecule is C[C@H]1CNc2ccccc2O1.Cl. The number of halogens is 1. The van der Waals surface area contributed by atoms with Gasteiger partial charge in [0.25, 0.3) is 0 Å². The Morgan fingerprint density at radius 2 is 2.17 bits per heavy atom. The summed E-state index contributed by atoms with van der Waals surface area (Å²) >= 11 is 0. The maximum Gasteiger partial charge on any atom is 0.142 e. The van der Waals surface area contributed by atoms with Crippen LogP contribution in [0.5, 0.6) is 5.75 Å². The van der Waals surface area contributed by atoms with Gasteiger partial charge in [-0.05, 0) is 19.1 Å². The lowest BCUT2D eigenvalue weighted by Gasteiger charge is -2.24. The molecular weight excluding hydrogens is 174 g/mol. The monoisotopic (exact) mass is 185 g/mol. The van der Waals surface area contributed by atoms with Crippen LogP contribution in [0.15, 0.2) is 24.3 Å². The number of anilines is 1. The quantitative estimate of drug-likeness (QED) is 0.670. The van der Waals surface area contributed by atoms with E-state index in [1.807, 2.05) is 24.3 Å². The molecule has 2 rings (SSSR count). The first kappa shape index (κ1) is 9.20. The van der Waals surface area contributed by atoms with E-state index in [2.05, 4.69) is 12.2 Å². The minimum Gasteiger partial charge on any atom is -0.487 e. The summed E-state index contributed by atoms with van der Waals surface area (Å²) in [5, 5.41) is 3.29. The van der Waals surface area contributed by atoms with Gasteiger partial charge in [0.1, 0.15) is 11.9 Å². The lowest BCUT2D eigenvalue weighted by Crippen LogP contribution is -2.27. The summed E-state index contributed by atoms with van der Waals surface area (Å²) in [5.41, 5.74) is 1.10. The van der Waals surface area contributed by atoms with Crippen molar-refractivity contribution in [2.45, 2.75) is 13.0 Å². The Kier molecular flexibility index (Phi) is 2.82. The van der Waals surface area contributed by atoms with Gasteiger partial charge in [0, 0.05) is 0 Å². The van der Waals surface area contributed by atoms with Crippen LogP contribution in [0.4, 0.5) is 5.69 Å². The average molecular weight is 186 g/mol. The van der Waals surface area contributed by atoms with E-state index in [-0.39, 0.29) is 18.5 Å². The van der Waals surface area contributed by atoms with Gasteiger partial charge in [-0.2, -0.15) is 0 Å². The highest BCUT2D eigenvalue weighted by molar-refractivity contribution is 5.85. The number of nitrogens with one attached hydrogen (secondary N) is 1. The number of rotatable bonds is 0. The summed E-state index contributed by atoms with van der Waals surface area (Å²) in [6.07, 6.45) is 0.282. The first-order valence-electron chi connectivity index (χ1n) is 3.86. The lowest BCUT2D eigenvalue weighted by molar-refractivity contribution is 0.226. The van der Waals surface area contributed by atoms with Gasteiger partial charge in [-0.25, -0.2) is 0 Å². The third-order valence-electron chi connectivity index (χ3n) is 1.80. The maximum atomic E-state index is 5.57. The molecule has 1 aromatic rings. The molecule has 0 radical (unpaired) electrons. The van der Waals surface area contributed by atoms with Crippen molar-refractivity contribution in [2.75, 3.05) is 11.9 Å². The third-order valence-corrected chi connectivity index (χ3v) is 1.80. The molecule has 0 aliphatic carbocycles. The van der Waals surface area contributed by atoms with Gasteiger partial charge in [-0.1, -0.05) is 12.1 Å². The average Bonchev–Trinajstić information content (AvgIpc) is 2.04. The first-order valence-corrected chi connectivity index (χ1v) is 3.86. The van der Waals surface area contributed by atoms with Gasteiger partial charge >= 0.3 is 0 Å². The summed E-state index contributed by atoms with van der Waals surface area (Å²) < 4.78 is 5.57. The fourth-order valence-corrected chi connectivity index (χ4v) is 1.23. The van der Waals surface area contributed by atoms with Crippen LogP contribution >= 0.6 is 12.4 Å². The van der Waals surface area contributed by atoms with E-state index in [4.69, 9.17) is 4.74 Å². The molecule has 0 unspecified atom stereocenters. The molecule has 1 aliphatic heterocycles. The van der Waals surface area contributed by atoms with Gasteiger partial charge in [0.05, 0.1) is 12.2 Å². The van der Waals surface area contributed by atoms with Crippen LogP contribution in [0.3, 0.4) is 0 Å².